The molecule has 0 aromatic rings. The number of amides is 1. The lowest BCUT2D eigenvalue weighted by atomic mass is 9.86. The van der Waals surface area contributed by atoms with Crippen molar-refractivity contribution in [2.24, 2.45) is 11.7 Å². The van der Waals surface area contributed by atoms with Gasteiger partial charge in [0.2, 0.25) is 15.9 Å². The monoisotopic (exact) mass is 277 g/mol. The lowest BCUT2D eigenvalue weighted by Crippen LogP contribution is -2.39. The van der Waals surface area contributed by atoms with Gasteiger partial charge in [-0.1, -0.05) is 0 Å². The van der Waals surface area contributed by atoms with E-state index in [2.05, 4.69) is 5.32 Å². The van der Waals surface area contributed by atoms with E-state index in [1.807, 2.05) is 0 Å². The molecule has 0 aromatic carbocycles. The number of nitrogens with two attached hydrogens (primary N) is 1. The van der Waals surface area contributed by atoms with Crippen LogP contribution >= 0.6 is 0 Å². The number of nitrogens with one attached hydrogen (secondary N) is 1. The third-order valence-corrected chi connectivity index (χ3v) is 5.19. The highest BCUT2D eigenvalue weighted by molar-refractivity contribution is 7.89. The van der Waals surface area contributed by atoms with E-state index in [0.29, 0.717) is 0 Å². The molecule has 0 spiro atoms. The second-order valence-corrected chi connectivity index (χ2v) is 7.30. The summed E-state index contributed by atoms with van der Waals surface area (Å²) >= 11 is 0. The van der Waals surface area contributed by atoms with Gasteiger partial charge in [-0.05, 0) is 25.7 Å². The highest BCUT2D eigenvalue weighted by Gasteiger charge is 2.24. The van der Waals surface area contributed by atoms with Gasteiger partial charge in [0.05, 0.1) is 5.75 Å². The summed E-state index contributed by atoms with van der Waals surface area (Å²) in [6.07, 6.45) is 3.34. The minimum atomic E-state index is -3.23. The lowest BCUT2D eigenvalue weighted by Gasteiger charge is -2.25. The van der Waals surface area contributed by atoms with Gasteiger partial charge in [-0.15, -0.1) is 0 Å². The Morgan fingerprint density at radius 2 is 1.83 bits per heavy atom. The molecule has 3 N–H and O–H groups in total. The minimum absolute atomic E-state index is 0.00754. The van der Waals surface area contributed by atoms with Crippen molar-refractivity contribution in [3.05, 3.63) is 0 Å². The van der Waals surface area contributed by atoms with E-state index < -0.39 is 10.0 Å². The molecule has 1 rings (SSSR count). The van der Waals surface area contributed by atoms with Gasteiger partial charge < -0.3 is 11.1 Å². The lowest BCUT2D eigenvalue weighted by molar-refractivity contribution is -0.125. The summed E-state index contributed by atoms with van der Waals surface area (Å²) in [4.78, 5) is 11.8. The SMILES string of the molecule is CN(C)S(=O)(=O)CCNC(=O)C1CCC(N)CC1. The second kappa shape index (κ2) is 6.49. The summed E-state index contributed by atoms with van der Waals surface area (Å²) < 4.78 is 24.1. The standard InChI is InChI=1S/C11H23N3O3S/c1-14(2)18(16,17)8-7-13-11(15)9-3-5-10(12)6-4-9/h9-10H,3-8,12H2,1-2H3,(H,13,15). The summed E-state index contributed by atoms with van der Waals surface area (Å²) in [7, 11) is -0.263. The predicted molar refractivity (Wildman–Crippen MR) is 70.4 cm³/mol. The molecule has 6 nitrogen and oxygen atoms in total. The van der Waals surface area contributed by atoms with Gasteiger partial charge in [0, 0.05) is 32.6 Å². The molecule has 0 radical (unpaired) electrons. The molecule has 0 heterocycles. The van der Waals surface area contributed by atoms with Crippen molar-refractivity contribution < 1.29 is 13.2 Å². The van der Waals surface area contributed by atoms with Crippen LogP contribution < -0.4 is 11.1 Å². The second-order valence-electron chi connectivity index (χ2n) is 5.00. The predicted octanol–water partition coefficient (Wildman–Crippen LogP) is -0.488. The van der Waals surface area contributed by atoms with Gasteiger partial charge in [-0.25, -0.2) is 12.7 Å². The molecule has 1 fully saturated rings. The van der Waals surface area contributed by atoms with Crippen LogP contribution in [0.25, 0.3) is 0 Å². The Kier molecular flexibility index (Phi) is 5.55. The van der Waals surface area contributed by atoms with Crippen LogP contribution in [0.5, 0.6) is 0 Å². The first-order valence-electron chi connectivity index (χ1n) is 6.26. The van der Waals surface area contributed by atoms with Gasteiger partial charge in [0.15, 0.2) is 0 Å². The molecular formula is C11H23N3O3S. The van der Waals surface area contributed by atoms with Crippen molar-refractivity contribution in [1.82, 2.24) is 9.62 Å². The van der Waals surface area contributed by atoms with Crippen LogP contribution in [0.1, 0.15) is 25.7 Å². The average Bonchev–Trinajstić information content (AvgIpc) is 2.29. The van der Waals surface area contributed by atoms with Crippen LogP contribution in [0.4, 0.5) is 0 Å². The first-order valence-corrected chi connectivity index (χ1v) is 7.87. The summed E-state index contributed by atoms with van der Waals surface area (Å²) in [6.45, 7) is 0.169. The zero-order valence-corrected chi connectivity index (χ0v) is 11.9. The Balaban J connectivity index is 2.30. The van der Waals surface area contributed by atoms with E-state index >= 15 is 0 Å². The quantitative estimate of drug-likeness (QED) is 0.709. The molecule has 0 aliphatic heterocycles. The number of carbonyl (C=O) groups is 1. The topological polar surface area (TPSA) is 92.5 Å². The minimum Gasteiger partial charge on any atom is -0.355 e. The zero-order valence-electron chi connectivity index (χ0n) is 11.1. The Labute approximate surface area is 109 Å². The van der Waals surface area contributed by atoms with Gasteiger partial charge in [-0.3, -0.25) is 4.79 Å². The van der Waals surface area contributed by atoms with Crippen LogP contribution in [-0.4, -0.2) is 51.1 Å². The van der Waals surface area contributed by atoms with Crippen LogP contribution in [0, 0.1) is 5.92 Å². The normalized spacial score (nSPS) is 25.1. The number of hydrogen-bond donors (Lipinski definition) is 2. The summed E-state index contributed by atoms with van der Waals surface area (Å²) in [5.41, 5.74) is 5.77. The van der Waals surface area contributed by atoms with E-state index in [1.165, 1.54) is 18.4 Å². The Morgan fingerprint density at radius 3 is 2.33 bits per heavy atom. The van der Waals surface area contributed by atoms with E-state index in [4.69, 9.17) is 5.73 Å². The largest absolute Gasteiger partial charge is 0.355 e. The maximum absolute atomic E-state index is 11.8. The molecule has 0 aromatic heterocycles. The molecule has 1 aliphatic rings. The van der Waals surface area contributed by atoms with E-state index in [0.717, 1.165) is 25.7 Å². The number of carbonyl (C=O) groups excluding carboxylic acids is 1. The number of rotatable bonds is 5. The smallest absolute Gasteiger partial charge is 0.223 e. The summed E-state index contributed by atoms with van der Waals surface area (Å²) in [6, 6.07) is 0.211. The van der Waals surface area contributed by atoms with Gasteiger partial charge in [0.1, 0.15) is 0 Å². The third-order valence-electron chi connectivity index (χ3n) is 3.36. The first-order chi connectivity index (χ1) is 8.33. The number of hydrogen-bond acceptors (Lipinski definition) is 4. The van der Waals surface area contributed by atoms with Crippen LogP contribution in [0.3, 0.4) is 0 Å². The van der Waals surface area contributed by atoms with Gasteiger partial charge in [0.25, 0.3) is 0 Å². The van der Waals surface area contributed by atoms with Crippen molar-refractivity contribution in [3.8, 4) is 0 Å². The maximum atomic E-state index is 11.8. The fourth-order valence-electron chi connectivity index (χ4n) is 2.01. The molecular weight excluding hydrogens is 254 g/mol. The average molecular weight is 277 g/mol. The molecule has 1 saturated carbocycles. The molecule has 1 amide bonds. The van der Waals surface area contributed by atoms with Crippen LogP contribution in [0.15, 0.2) is 0 Å². The fraction of sp³-hybridized carbons (Fsp3) is 0.909. The molecule has 0 unspecified atom stereocenters. The molecule has 0 atom stereocenters. The zero-order chi connectivity index (χ0) is 13.8. The van der Waals surface area contributed by atoms with Crippen LogP contribution in [0.2, 0.25) is 0 Å². The fourth-order valence-corrected chi connectivity index (χ4v) is 2.74. The van der Waals surface area contributed by atoms with Crippen molar-refractivity contribution in [2.45, 2.75) is 31.7 Å². The Bertz CT molecular complexity index is 373. The van der Waals surface area contributed by atoms with Crippen molar-refractivity contribution in [2.75, 3.05) is 26.4 Å². The number of nitrogens with zero attached hydrogens (tertiary/aromatic N) is 1. The Morgan fingerprint density at radius 1 is 1.28 bits per heavy atom. The summed E-state index contributed by atoms with van der Waals surface area (Å²) in [5, 5.41) is 2.69. The molecule has 7 heteroatoms. The Hall–Kier alpha value is -0.660. The molecule has 18 heavy (non-hydrogen) atoms. The molecule has 0 saturated heterocycles. The van der Waals surface area contributed by atoms with Crippen molar-refractivity contribution >= 4 is 15.9 Å². The van der Waals surface area contributed by atoms with Crippen molar-refractivity contribution in [1.29, 1.82) is 0 Å². The maximum Gasteiger partial charge on any atom is 0.223 e. The molecule has 1 aliphatic carbocycles. The highest BCUT2D eigenvalue weighted by Crippen LogP contribution is 2.22. The van der Waals surface area contributed by atoms with Gasteiger partial charge >= 0.3 is 0 Å². The van der Waals surface area contributed by atoms with Crippen molar-refractivity contribution in [3.63, 3.8) is 0 Å². The highest BCUT2D eigenvalue weighted by atomic mass is 32.2. The van der Waals surface area contributed by atoms with E-state index in [1.54, 1.807) is 0 Å². The molecule has 106 valence electrons. The third kappa shape index (κ3) is 4.55. The van der Waals surface area contributed by atoms with E-state index in [-0.39, 0.29) is 30.2 Å². The number of sulfonamides is 1. The molecule has 0 bridgehead atoms. The summed E-state index contributed by atoms with van der Waals surface area (Å²) in [5.74, 6) is -0.111. The van der Waals surface area contributed by atoms with E-state index in [9.17, 15) is 13.2 Å². The van der Waals surface area contributed by atoms with Crippen LogP contribution in [-0.2, 0) is 14.8 Å². The van der Waals surface area contributed by atoms with Gasteiger partial charge in [-0.2, -0.15) is 0 Å². The first kappa shape index (κ1) is 15.4.